The number of ketones is 1. The first-order valence-electron chi connectivity index (χ1n) is 4.37. The van der Waals surface area contributed by atoms with E-state index in [9.17, 15) is 23.1 Å². The smallest absolute Gasteiger partial charge is 0.454 e. The molecule has 0 unspecified atom stereocenters. The van der Waals surface area contributed by atoms with Gasteiger partial charge in [-0.3, -0.25) is 4.79 Å². The Morgan fingerprint density at radius 2 is 2.06 bits per heavy atom. The number of hydrogen-bond donors (Lipinski definition) is 1. The maximum Gasteiger partial charge on any atom is 0.454 e. The number of hydrogen-bond acceptors (Lipinski definition) is 3. The van der Waals surface area contributed by atoms with Crippen molar-refractivity contribution >= 4 is 11.5 Å². The highest BCUT2D eigenvalue weighted by atomic mass is 19.4. The molecule has 0 saturated carbocycles. The van der Waals surface area contributed by atoms with E-state index in [1.807, 2.05) is 0 Å². The molecule has 1 aromatic rings. The lowest BCUT2D eigenvalue weighted by Crippen LogP contribution is -2.20. The van der Waals surface area contributed by atoms with Crippen LogP contribution in [0.4, 0.5) is 13.2 Å². The van der Waals surface area contributed by atoms with E-state index in [4.69, 9.17) is 5.26 Å². The molecular weight excluding hydrogens is 235 g/mol. The molecule has 1 N–H and O–H groups in total. The Morgan fingerprint density at radius 3 is 2.59 bits per heavy atom. The molecule has 6 heteroatoms. The Labute approximate surface area is 94.4 Å². The van der Waals surface area contributed by atoms with E-state index in [1.165, 1.54) is 24.3 Å². The molecule has 0 aliphatic rings. The molecule has 0 aliphatic carbocycles. The average molecular weight is 241 g/mol. The molecule has 0 bridgehead atoms. The van der Waals surface area contributed by atoms with Crippen molar-refractivity contribution in [3.8, 4) is 6.07 Å². The second-order valence-corrected chi connectivity index (χ2v) is 3.08. The topological polar surface area (TPSA) is 61.1 Å². The van der Waals surface area contributed by atoms with Crippen LogP contribution >= 0.6 is 0 Å². The molecular formula is C11H6F3NO2. The summed E-state index contributed by atoms with van der Waals surface area (Å²) in [6, 6.07) is 7.03. The first kappa shape index (κ1) is 12.8. The summed E-state index contributed by atoms with van der Waals surface area (Å²) < 4.78 is 35.7. The third-order valence-electron chi connectivity index (χ3n) is 1.83. The van der Waals surface area contributed by atoms with Crippen molar-refractivity contribution < 1.29 is 23.1 Å². The van der Waals surface area contributed by atoms with Crippen LogP contribution in [0.2, 0.25) is 0 Å². The van der Waals surface area contributed by atoms with Crippen molar-refractivity contribution in [2.24, 2.45) is 0 Å². The van der Waals surface area contributed by atoms with Crippen LogP contribution in [0.25, 0.3) is 5.76 Å². The van der Waals surface area contributed by atoms with Crippen molar-refractivity contribution in [2.45, 2.75) is 6.18 Å². The molecule has 0 atom stereocenters. The molecule has 3 nitrogen and oxygen atoms in total. The van der Waals surface area contributed by atoms with E-state index in [-0.39, 0.29) is 17.2 Å². The zero-order valence-corrected chi connectivity index (χ0v) is 8.32. The van der Waals surface area contributed by atoms with Gasteiger partial charge < -0.3 is 5.11 Å². The van der Waals surface area contributed by atoms with Crippen LogP contribution in [-0.2, 0) is 4.79 Å². The lowest BCUT2D eigenvalue weighted by molar-refractivity contribution is -0.165. The van der Waals surface area contributed by atoms with Gasteiger partial charge in [0.25, 0.3) is 5.78 Å². The van der Waals surface area contributed by atoms with Crippen LogP contribution in [0.5, 0.6) is 0 Å². The van der Waals surface area contributed by atoms with Gasteiger partial charge in [0.1, 0.15) is 5.76 Å². The van der Waals surface area contributed by atoms with Gasteiger partial charge in [-0.25, -0.2) is 0 Å². The summed E-state index contributed by atoms with van der Waals surface area (Å²) in [4.78, 5) is 10.6. The maximum atomic E-state index is 11.9. The Bertz CT molecular complexity index is 512. The molecule has 0 saturated heterocycles. The lowest BCUT2D eigenvalue weighted by atomic mass is 10.1. The van der Waals surface area contributed by atoms with Crippen LogP contribution < -0.4 is 0 Å². The molecule has 0 amide bonds. The maximum absolute atomic E-state index is 11.9. The highest BCUT2D eigenvalue weighted by molar-refractivity contribution is 5.99. The number of benzene rings is 1. The summed E-state index contributed by atoms with van der Waals surface area (Å²) in [5.41, 5.74) is 0.142. The third-order valence-corrected chi connectivity index (χ3v) is 1.83. The highest BCUT2D eigenvalue weighted by Gasteiger charge is 2.36. The van der Waals surface area contributed by atoms with Crippen molar-refractivity contribution in [2.75, 3.05) is 0 Å². The number of alkyl halides is 3. The molecule has 17 heavy (non-hydrogen) atoms. The second kappa shape index (κ2) is 4.70. The molecule has 0 radical (unpaired) electrons. The summed E-state index contributed by atoms with van der Waals surface area (Å²) in [6.07, 6.45) is -4.95. The summed E-state index contributed by atoms with van der Waals surface area (Å²) in [7, 11) is 0. The number of nitrogens with zero attached hydrogens (tertiary/aromatic N) is 1. The minimum atomic E-state index is -5.03. The largest absolute Gasteiger partial charge is 0.507 e. The van der Waals surface area contributed by atoms with Gasteiger partial charge in [0, 0.05) is 11.6 Å². The average Bonchev–Trinajstić information content (AvgIpc) is 2.27. The lowest BCUT2D eigenvalue weighted by Gasteiger charge is -2.03. The Kier molecular flexibility index (Phi) is 3.53. The number of halogens is 3. The number of aliphatic hydroxyl groups is 1. The van der Waals surface area contributed by atoms with Crippen LogP contribution in [-0.4, -0.2) is 17.1 Å². The Hall–Kier alpha value is -2.29. The fourth-order valence-electron chi connectivity index (χ4n) is 1.04. The van der Waals surface area contributed by atoms with Crippen LogP contribution in [0, 0.1) is 11.3 Å². The van der Waals surface area contributed by atoms with Gasteiger partial charge in [0.05, 0.1) is 11.6 Å². The molecule has 1 rings (SSSR count). The van der Waals surface area contributed by atoms with Crippen molar-refractivity contribution in [3.63, 3.8) is 0 Å². The fraction of sp³-hybridized carbons (Fsp3) is 0.0909. The molecule has 0 fully saturated rings. The van der Waals surface area contributed by atoms with Gasteiger partial charge in [-0.15, -0.1) is 0 Å². The van der Waals surface area contributed by atoms with Gasteiger partial charge in [0.15, 0.2) is 0 Å². The van der Waals surface area contributed by atoms with Crippen molar-refractivity contribution in [1.29, 1.82) is 5.26 Å². The minimum absolute atomic E-state index is 0.0263. The van der Waals surface area contributed by atoms with Gasteiger partial charge >= 0.3 is 6.18 Å². The van der Waals surface area contributed by atoms with Crippen LogP contribution in [0.15, 0.2) is 30.3 Å². The van der Waals surface area contributed by atoms with Gasteiger partial charge in [-0.05, 0) is 12.1 Å². The third kappa shape index (κ3) is 3.34. The summed E-state index contributed by atoms with van der Waals surface area (Å²) >= 11 is 0. The molecule has 0 aromatic heterocycles. The standard InChI is InChI=1S/C11H6F3NO2/c12-11(13,14)10(17)5-9(16)8-3-1-2-7(4-8)6-15/h1-5,16H/b9-5-. The predicted octanol–water partition coefficient (Wildman–Crippen LogP) is 2.59. The van der Waals surface area contributed by atoms with Crippen LogP contribution in [0.3, 0.4) is 0 Å². The van der Waals surface area contributed by atoms with E-state index >= 15 is 0 Å². The first-order valence-corrected chi connectivity index (χ1v) is 4.37. The number of carbonyl (C=O) groups is 1. The van der Waals surface area contributed by atoms with Crippen LogP contribution in [0.1, 0.15) is 11.1 Å². The SMILES string of the molecule is N#Cc1cccc(/C(O)=C/C(=O)C(F)(F)F)c1. The molecule has 88 valence electrons. The van der Waals surface area contributed by atoms with Gasteiger partial charge in [-0.1, -0.05) is 12.1 Å². The van der Waals surface area contributed by atoms with E-state index in [1.54, 1.807) is 6.07 Å². The summed E-state index contributed by atoms with van der Waals surface area (Å²) in [5.74, 6) is -2.98. The number of aliphatic hydroxyl groups excluding tert-OH is 1. The predicted molar refractivity (Wildman–Crippen MR) is 52.8 cm³/mol. The fourth-order valence-corrected chi connectivity index (χ4v) is 1.04. The van der Waals surface area contributed by atoms with E-state index in [0.29, 0.717) is 0 Å². The molecule has 0 heterocycles. The highest BCUT2D eigenvalue weighted by Crippen LogP contribution is 2.20. The molecule has 0 aliphatic heterocycles. The normalized spacial score (nSPS) is 12.0. The van der Waals surface area contributed by atoms with Gasteiger partial charge in [0.2, 0.25) is 0 Å². The number of carbonyl (C=O) groups excluding carboxylic acids is 1. The second-order valence-electron chi connectivity index (χ2n) is 3.08. The van der Waals surface area contributed by atoms with E-state index in [2.05, 4.69) is 0 Å². The number of nitriles is 1. The number of allylic oxidation sites excluding steroid dienone is 1. The van der Waals surface area contributed by atoms with Gasteiger partial charge in [-0.2, -0.15) is 18.4 Å². The van der Waals surface area contributed by atoms with E-state index in [0.717, 1.165) is 0 Å². The zero-order chi connectivity index (χ0) is 13.1. The quantitative estimate of drug-likeness (QED) is 0.639. The summed E-state index contributed by atoms with van der Waals surface area (Å²) in [6.45, 7) is 0. The monoisotopic (exact) mass is 241 g/mol. The number of rotatable bonds is 2. The Balaban J connectivity index is 3.05. The van der Waals surface area contributed by atoms with Crippen molar-refractivity contribution in [3.05, 3.63) is 41.5 Å². The molecule has 0 spiro atoms. The van der Waals surface area contributed by atoms with E-state index < -0.39 is 17.7 Å². The zero-order valence-electron chi connectivity index (χ0n) is 8.32. The minimum Gasteiger partial charge on any atom is -0.507 e. The summed E-state index contributed by atoms with van der Waals surface area (Å²) in [5, 5.41) is 17.9. The Morgan fingerprint density at radius 1 is 1.41 bits per heavy atom. The first-order chi connectivity index (χ1) is 7.84. The molecule has 1 aromatic carbocycles. The van der Waals surface area contributed by atoms with Crippen molar-refractivity contribution in [1.82, 2.24) is 0 Å².